The third-order valence-electron chi connectivity index (χ3n) is 2.94. The van der Waals surface area contributed by atoms with Crippen molar-refractivity contribution in [3.8, 4) is 0 Å². The number of rotatable bonds is 1. The summed E-state index contributed by atoms with van der Waals surface area (Å²) in [5.74, 6) is 0.580. The maximum atomic E-state index is 12.0. The summed E-state index contributed by atoms with van der Waals surface area (Å²) < 4.78 is 4.86. The molecule has 0 N–H and O–H groups in total. The Hall–Kier alpha value is -1.65. The minimum Gasteiger partial charge on any atom is -0.361 e. The van der Waals surface area contributed by atoms with E-state index in [0.717, 1.165) is 0 Å². The van der Waals surface area contributed by atoms with Gasteiger partial charge < -0.3 is 9.42 Å². The Bertz CT molecular complexity index is 425. The molecule has 1 aliphatic rings. The number of nitrogens with zero attached hydrogens (tertiary/aromatic N) is 2. The first-order chi connectivity index (χ1) is 7.59. The number of carbonyl (C=O) groups is 2. The Morgan fingerprint density at radius 2 is 2.38 bits per heavy atom. The minimum atomic E-state index is -0.0990. The van der Waals surface area contributed by atoms with Gasteiger partial charge in [-0.05, 0) is 6.92 Å². The molecule has 5 nitrogen and oxygen atoms in total. The Morgan fingerprint density at radius 1 is 1.62 bits per heavy atom. The van der Waals surface area contributed by atoms with Crippen molar-refractivity contribution in [3.05, 3.63) is 17.5 Å². The Kier molecular flexibility index (Phi) is 2.77. The largest absolute Gasteiger partial charge is 0.361 e. The van der Waals surface area contributed by atoms with Crippen LogP contribution in [0, 0.1) is 12.8 Å². The lowest BCUT2D eigenvalue weighted by atomic mass is 9.98. The first kappa shape index (κ1) is 10.9. The zero-order valence-corrected chi connectivity index (χ0v) is 9.40. The van der Waals surface area contributed by atoms with Crippen molar-refractivity contribution >= 4 is 11.7 Å². The first-order valence-electron chi connectivity index (χ1n) is 5.33. The molecule has 1 atom stereocenters. The fourth-order valence-corrected chi connectivity index (χ4v) is 1.87. The molecular formula is C11H14N2O3. The highest BCUT2D eigenvalue weighted by Crippen LogP contribution is 2.16. The SMILES string of the molecule is Cc1oncc1C(=O)N1CCC(=O)C(C)C1. The number of ketones is 1. The van der Waals surface area contributed by atoms with E-state index in [2.05, 4.69) is 5.16 Å². The van der Waals surface area contributed by atoms with E-state index in [1.807, 2.05) is 6.92 Å². The van der Waals surface area contributed by atoms with Gasteiger partial charge in [0, 0.05) is 25.4 Å². The highest BCUT2D eigenvalue weighted by atomic mass is 16.5. The average molecular weight is 222 g/mol. The highest BCUT2D eigenvalue weighted by Gasteiger charge is 2.28. The van der Waals surface area contributed by atoms with Crippen molar-refractivity contribution in [1.29, 1.82) is 0 Å². The van der Waals surface area contributed by atoms with Gasteiger partial charge in [-0.15, -0.1) is 0 Å². The molecule has 1 aromatic rings. The number of amides is 1. The van der Waals surface area contributed by atoms with Crippen molar-refractivity contribution in [2.45, 2.75) is 20.3 Å². The molecule has 5 heteroatoms. The van der Waals surface area contributed by atoms with Crippen LogP contribution in [0.3, 0.4) is 0 Å². The van der Waals surface area contributed by atoms with Gasteiger partial charge in [0.25, 0.3) is 5.91 Å². The fraction of sp³-hybridized carbons (Fsp3) is 0.545. The highest BCUT2D eigenvalue weighted by molar-refractivity contribution is 5.96. The summed E-state index contributed by atoms with van der Waals surface area (Å²) in [5.41, 5.74) is 0.488. The second-order valence-electron chi connectivity index (χ2n) is 4.16. The van der Waals surface area contributed by atoms with Gasteiger partial charge in [-0.2, -0.15) is 0 Å². The van der Waals surface area contributed by atoms with Crippen molar-refractivity contribution in [2.24, 2.45) is 5.92 Å². The molecule has 0 bridgehead atoms. The second-order valence-corrected chi connectivity index (χ2v) is 4.16. The topological polar surface area (TPSA) is 63.4 Å². The van der Waals surface area contributed by atoms with Gasteiger partial charge in [-0.25, -0.2) is 0 Å². The van der Waals surface area contributed by atoms with E-state index < -0.39 is 0 Å². The first-order valence-corrected chi connectivity index (χ1v) is 5.33. The molecule has 0 saturated carbocycles. The number of hydrogen-bond donors (Lipinski definition) is 0. The molecule has 0 aliphatic carbocycles. The van der Waals surface area contributed by atoms with E-state index in [1.54, 1.807) is 11.8 Å². The summed E-state index contributed by atoms with van der Waals surface area (Å²) in [5, 5.41) is 3.58. The maximum Gasteiger partial charge on any atom is 0.259 e. The van der Waals surface area contributed by atoms with Crippen LogP contribution in [0.15, 0.2) is 10.7 Å². The predicted octanol–water partition coefficient (Wildman–Crippen LogP) is 1.03. The number of likely N-dealkylation sites (tertiary alicyclic amines) is 1. The van der Waals surface area contributed by atoms with Crippen LogP contribution < -0.4 is 0 Å². The standard InChI is InChI=1S/C11H14N2O3/c1-7-6-13(4-3-10(7)14)11(15)9-5-12-16-8(9)2/h5,7H,3-4,6H2,1-2H3. The molecule has 0 radical (unpaired) electrons. The molecule has 1 amide bonds. The molecule has 2 heterocycles. The molecule has 1 aliphatic heterocycles. The van der Waals surface area contributed by atoms with Crippen LogP contribution >= 0.6 is 0 Å². The van der Waals surface area contributed by atoms with Crippen molar-refractivity contribution in [3.63, 3.8) is 0 Å². The third kappa shape index (κ3) is 1.85. The molecule has 1 saturated heterocycles. The average Bonchev–Trinajstić information content (AvgIpc) is 2.67. The van der Waals surface area contributed by atoms with Crippen LogP contribution in [-0.4, -0.2) is 34.8 Å². The lowest BCUT2D eigenvalue weighted by Gasteiger charge is -2.29. The summed E-state index contributed by atoms with van der Waals surface area (Å²) in [4.78, 5) is 25.1. The zero-order chi connectivity index (χ0) is 11.7. The number of Topliss-reactive ketones (excluding diaryl/α,β-unsaturated/α-hetero) is 1. The molecule has 1 aromatic heterocycles. The molecule has 1 unspecified atom stereocenters. The van der Waals surface area contributed by atoms with Gasteiger partial charge in [0.15, 0.2) is 0 Å². The predicted molar refractivity (Wildman–Crippen MR) is 55.9 cm³/mol. The number of carbonyl (C=O) groups excluding carboxylic acids is 2. The van der Waals surface area contributed by atoms with Gasteiger partial charge in [-0.1, -0.05) is 12.1 Å². The van der Waals surface area contributed by atoms with Crippen LogP contribution in [0.4, 0.5) is 0 Å². The third-order valence-corrected chi connectivity index (χ3v) is 2.94. The van der Waals surface area contributed by atoms with E-state index in [0.29, 0.717) is 30.8 Å². The smallest absolute Gasteiger partial charge is 0.259 e. The number of aryl methyl sites for hydroxylation is 1. The van der Waals surface area contributed by atoms with Crippen LogP contribution in [0.2, 0.25) is 0 Å². The van der Waals surface area contributed by atoms with Gasteiger partial charge in [0.2, 0.25) is 0 Å². The van der Waals surface area contributed by atoms with Gasteiger partial charge in [-0.3, -0.25) is 9.59 Å². The number of piperidine rings is 1. The molecule has 0 aromatic carbocycles. The molecule has 86 valence electrons. The normalized spacial score (nSPS) is 21.2. The summed E-state index contributed by atoms with van der Waals surface area (Å²) in [7, 11) is 0. The van der Waals surface area contributed by atoms with Crippen LogP contribution in [-0.2, 0) is 4.79 Å². The second kappa shape index (κ2) is 4.08. The molecule has 0 spiro atoms. The van der Waals surface area contributed by atoms with Crippen molar-refractivity contribution < 1.29 is 14.1 Å². The summed E-state index contributed by atoms with van der Waals surface area (Å²) in [6.45, 7) is 4.54. The Balaban J connectivity index is 2.12. The van der Waals surface area contributed by atoms with Crippen molar-refractivity contribution in [1.82, 2.24) is 10.1 Å². The number of aromatic nitrogens is 1. The minimum absolute atomic E-state index is 0.0714. The monoisotopic (exact) mass is 222 g/mol. The Labute approximate surface area is 93.4 Å². The van der Waals surface area contributed by atoms with Crippen LogP contribution in [0.1, 0.15) is 29.5 Å². The quantitative estimate of drug-likeness (QED) is 0.712. The van der Waals surface area contributed by atoms with Crippen LogP contribution in [0.5, 0.6) is 0 Å². The lowest BCUT2D eigenvalue weighted by Crippen LogP contribution is -2.43. The van der Waals surface area contributed by atoms with E-state index in [9.17, 15) is 9.59 Å². The lowest BCUT2D eigenvalue weighted by molar-refractivity contribution is -0.124. The molecular weight excluding hydrogens is 208 g/mol. The van der Waals surface area contributed by atoms with Crippen LogP contribution in [0.25, 0.3) is 0 Å². The molecule has 2 rings (SSSR count). The molecule has 1 fully saturated rings. The summed E-state index contributed by atoms with van der Waals surface area (Å²) in [6, 6.07) is 0. The van der Waals surface area contributed by atoms with Gasteiger partial charge in [0.05, 0.1) is 6.20 Å². The maximum absolute atomic E-state index is 12.0. The summed E-state index contributed by atoms with van der Waals surface area (Å²) in [6.07, 6.45) is 1.87. The van der Waals surface area contributed by atoms with E-state index in [4.69, 9.17) is 4.52 Å². The van der Waals surface area contributed by atoms with E-state index in [-0.39, 0.29) is 17.6 Å². The number of hydrogen-bond acceptors (Lipinski definition) is 4. The van der Waals surface area contributed by atoms with E-state index >= 15 is 0 Å². The fourth-order valence-electron chi connectivity index (χ4n) is 1.87. The van der Waals surface area contributed by atoms with Gasteiger partial charge in [0.1, 0.15) is 17.1 Å². The Morgan fingerprint density at radius 3 is 2.94 bits per heavy atom. The molecule has 16 heavy (non-hydrogen) atoms. The summed E-state index contributed by atoms with van der Waals surface area (Å²) >= 11 is 0. The van der Waals surface area contributed by atoms with E-state index in [1.165, 1.54) is 6.20 Å². The van der Waals surface area contributed by atoms with Gasteiger partial charge >= 0.3 is 0 Å². The van der Waals surface area contributed by atoms with Crippen molar-refractivity contribution in [2.75, 3.05) is 13.1 Å². The zero-order valence-electron chi connectivity index (χ0n) is 9.40.